The van der Waals surface area contributed by atoms with Gasteiger partial charge in [0, 0.05) is 24.7 Å². The molecule has 0 bridgehead atoms. The van der Waals surface area contributed by atoms with Crippen LogP contribution in [-0.4, -0.2) is 28.6 Å². The molecule has 0 atom stereocenters. The first-order valence-electron chi connectivity index (χ1n) is 7.56. The summed E-state index contributed by atoms with van der Waals surface area (Å²) >= 11 is 0.719. The molecule has 1 aliphatic heterocycles. The Morgan fingerprint density at radius 2 is 1.56 bits per heavy atom. The summed E-state index contributed by atoms with van der Waals surface area (Å²) in [5.41, 5.74) is -4.09. The number of benzene rings is 1. The maximum Gasteiger partial charge on any atom is 0.422 e. The predicted molar refractivity (Wildman–Crippen MR) is 80.2 cm³/mol. The molecule has 0 unspecified atom stereocenters. The van der Waals surface area contributed by atoms with Crippen LogP contribution in [-0.2, 0) is 6.18 Å². The van der Waals surface area contributed by atoms with Crippen molar-refractivity contribution in [3.05, 3.63) is 45.2 Å². The highest BCUT2D eigenvalue weighted by molar-refractivity contribution is 7.07. The Morgan fingerprint density at radius 1 is 1.00 bits per heavy atom. The van der Waals surface area contributed by atoms with Gasteiger partial charge in [0.1, 0.15) is 11.3 Å². The standard InChI is InChI=1S/C15H10F7N3OS/c16-8-7(15(20,21)22)9(17)11(19)12(10(8)18)25-5-6-27-14(25)23-13(26)24-3-1-2-4-24/h5-6H,1-4H2. The van der Waals surface area contributed by atoms with Crippen molar-refractivity contribution in [2.45, 2.75) is 19.0 Å². The van der Waals surface area contributed by atoms with Gasteiger partial charge in [-0.25, -0.2) is 22.4 Å². The fourth-order valence-electron chi connectivity index (χ4n) is 2.66. The summed E-state index contributed by atoms with van der Waals surface area (Å²) in [6, 6.07) is -0.725. The van der Waals surface area contributed by atoms with Gasteiger partial charge in [-0.05, 0) is 12.8 Å². The molecule has 1 aromatic heterocycles. The van der Waals surface area contributed by atoms with Crippen LogP contribution >= 0.6 is 11.3 Å². The summed E-state index contributed by atoms with van der Waals surface area (Å²) in [5.74, 6) is -9.64. The van der Waals surface area contributed by atoms with E-state index in [0.717, 1.165) is 30.4 Å². The van der Waals surface area contributed by atoms with Crippen molar-refractivity contribution in [1.29, 1.82) is 0 Å². The number of carbonyl (C=O) groups is 1. The minimum atomic E-state index is -5.63. The summed E-state index contributed by atoms with van der Waals surface area (Å²) in [6.45, 7) is 0.861. The van der Waals surface area contributed by atoms with Crippen molar-refractivity contribution < 1.29 is 35.5 Å². The van der Waals surface area contributed by atoms with Gasteiger partial charge < -0.3 is 4.90 Å². The zero-order valence-corrected chi connectivity index (χ0v) is 14.1. The molecule has 2 amide bonds. The average molecular weight is 413 g/mol. The van der Waals surface area contributed by atoms with Crippen LogP contribution in [0.4, 0.5) is 35.5 Å². The Labute approximate surface area is 151 Å². The van der Waals surface area contributed by atoms with E-state index in [1.54, 1.807) is 0 Å². The van der Waals surface area contributed by atoms with Crippen molar-refractivity contribution in [1.82, 2.24) is 9.47 Å². The third kappa shape index (κ3) is 3.45. The number of thiazole rings is 1. The molecule has 2 aromatic rings. The molecule has 1 fully saturated rings. The molecule has 0 N–H and O–H groups in total. The SMILES string of the molecule is O=C(N=c1sccn1-c1c(F)c(F)c(C(F)(F)F)c(F)c1F)N1CCCC1. The molecule has 0 aliphatic carbocycles. The second kappa shape index (κ2) is 6.98. The van der Waals surface area contributed by atoms with Gasteiger partial charge in [0.15, 0.2) is 28.1 Å². The zero-order chi connectivity index (χ0) is 19.9. The van der Waals surface area contributed by atoms with E-state index in [1.807, 2.05) is 0 Å². The van der Waals surface area contributed by atoms with E-state index < -0.39 is 46.7 Å². The molecular weight excluding hydrogens is 403 g/mol. The van der Waals surface area contributed by atoms with Crippen LogP contribution < -0.4 is 4.80 Å². The molecule has 2 heterocycles. The van der Waals surface area contributed by atoms with Gasteiger partial charge in [-0.3, -0.25) is 4.57 Å². The van der Waals surface area contributed by atoms with Gasteiger partial charge in [-0.15, -0.1) is 11.3 Å². The summed E-state index contributed by atoms with van der Waals surface area (Å²) in [5, 5.41) is 1.21. The van der Waals surface area contributed by atoms with Crippen LogP contribution in [0.3, 0.4) is 0 Å². The average Bonchev–Trinajstić information content (AvgIpc) is 3.24. The van der Waals surface area contributed by atoms with Crippen LogP contribution in [0.5, 0.6) is 0 Å². The van der Waals surface area contributed by atoms with Crippen molar-refractivity contribution >= 4 is 17.4 Å². The van der Waals surface area contributed by atoms with E-state index in [1.165, 1.54) is 10.3 Å². The number of likely N-dealkylation sites (tertiary alicyclic amines) is 1. The lowest BCUT2D eigenvalue weighted by molar-refractivity contribution is -0.143. The maximum absolute atomic E-state index is 14.2. The molecule has 1 aromatic carbocycles. The number of aromatic nitrogens is 1. The van der Waals surface area contributed by atoms with E-state index in [-0.39, 0.29) is 4.80 Å². The topological polar surface area (TPSA) is 37.6 Å². The first-order valence-corrected chi connectivity index (χ1v) is 8.44. The number of hydrogen-bond acceptors (Lipinski definition) is 2. The van der Waals surface area contributed by atoms with Crippen LogP contribution in [0.1, 0.15) is 18.4 Å². The maximum atomic E-state index is 14.2. The second-order valence-corrected chi connectivity index (χ2v) is 6.49. The van der Waals surface area contributed by atoms with Crippen LogP contribution in [0.25, 0.3) is 5.69 Å². The first-order chi connectivity index (χ1) is 12.6. The van der Waals surface area contributed by atoms with Gasteiger partial charge in [-0.1, -0.05) is 0 Å². The Hall–Kier alpha value is -2.37. The molecule has 1 saturated heterocycles. The Balaban J connectivity index is 2.17. The molecule has 0 saturated carbocycles. The fourth-order valence-corrected chi connectivity index (χ4v) is 3.37. The molecule has 0 radical (unpaired) electrons. The third-order valence-electron chi connectivity index (χ3n) is 3.92. The largest absolute Gasteiger partial charge is 0.422 e. The Bertz CT molecular complexity index is 928. The third-order valence-corrected chi connectivity index (χ3v) is 4.68. The molecule has 4 nitrogen and oxygen atoms in total. The normalized spacial score (nSPS) is 15.7. The summed E-state index contributed by atoms with van der Waals surface area (Å²) in [6.07, 6.45) is -3.18. The molecule has 0 spiro atoms. The summed E-state index contributed by atoms with van der Waals surface area (Å²) in [7, 11) is 0. The number of carbonyl (C=O) groups excluding carboxylic acids is 1. The molecule has 3 rings (SSSR count). The number of nitrogens with zero attached hydrogens (tertiary/aromatic N) is 3. The van der Waals surface area contributed by atoms with Gasteiger partial charge in [0.05, 0.1) is 0 Å². The number of halogens is 7. The fraction of sp³-hybridized carbons (Fsp3) is 0.333. The van der Waals surface area contributed by atoms with E-state index in [2.05, 4.69) is 4.99 Å². The molecule has 146 valence electrons. The molecule has 12 heteroatoms. The minimum absolute atomic E-state index is 0.344. The lowest BCUT2D eigenvalue weighted by Gasteiger charge is -2.15. The first kappa shape index (κ1) is 19.4. The minimum Gasteiger partial charge on any atom is -0.323 e. The highest BCUT2D eigenvalue weighted by Crippen LogP contribution is 2.37. The number of amides is 2. The molecular formula is C15H10F7N3OS. The second-order valence-electron chi connectivity index (χ2n) is 5.62. The van der Waals surface area contributed by atoms with Crippen molar-refractivity contribution in [2.75, 3.05) is 13.1 Å². The van der Waals surface area contributed by atoms with E-state index in [9.17, 15) is 35.5 Å². The van der Waals surface area contributed by atoms with E-state index in [4.69, 9.17) is 0 Å². The zero-order valence-electron chi connectivity index (χ0n) is 13.3. The van der Waals surface area contributed by atoms with Crippen molar-refractivity contribution in [3.8, 4) is 5.69 Å². The van der Waals surface area contributed by atoms with Crippen molar-refractivity contribution in [3.63, 3.8) is 0 Å². The Morgan fingerprint density at radius 3 is 2.07 bits per heavy atom. The molecule has 1 aliphatic rings. The number of urea groups is 1. The number of rotatable bonds is 1. The lowest BCUT2D eigenvalue weighted by atomic mass is 10.1. The van der Waals surface area contributed by atoms with E-state index >= 15 is 0 Å². The van der Waals surface area contributed by atoms with Gasteiger partial charge in [0.25, 0.3) is 0 Å². The monoisotopic (exact) mass is 413 g/mol. The van der Waals surface area contributed by atoms with Gasteiger partial charge in [-0.2, -0.15) is 18.2 Å². The van der Waals surface area contributed by atoms with E-state index in [0.29, 0.717) is 17.7 Å². The Kier molecular flexibility index (Phi) is 5.02. The van der Waals surface area contributed by atoms with Gasteiger partial charge >= 0.3 is 12.2 Å². The van der Waals surface area contributed by atoms with Crippen LogP contribution in [0, 0.1) is 23.3 Å². The van der Waals surface area contributed by atoms with Crippen LogP contribution in [0.2, 0.25) is 0 Å². The van der Waals surface area contributed by atoms with Gasteiger partial charge in [0.2, 0.25) is 0 Å². The smallest absolute Gasteiger partial charge is 0.323 e. The molecule has 27 heavy (non-hydrogen) atoms. The highest BCUT2D eigenvalue weighted by Gasteiger charge is 2.42. The summed E-state index contributed by atoms with van der Waals surface area (Å²) < 4.78 is 94.5. The quantitative estimate of drug-likeness (QED) is 0.509. The summed E-state index contributed by atoms with van der Waals surface area (Å²) in [4.78, 5) is 16.7. The highest BCUT2D eigenvalue weighted by atomic mass is 32.1. The van der Waals surface area contributed by atoms with Crippen molar-refractivity contribution in [2.24, 2.45) is 4.99 Å². The van der Waals surface area contributed by atoms with Crippen LogP contribution in [0.15, 0.2) is 16.6 Å². The number of alkyl halides is 3. The number of hydrogen-bond donors (Lipinski definition) is 0. The lowest BCUT2D eigenvalue weighted by Crippen LogP contribution is -2.28. The predicted octanol–water partition coefficient (Wildman–Crippen LogP) is 4.23.